The Kier molecular flexibility index (Phi) is 4.39. The average Bonchev–Trinajstić information content (AvgIpc) is 2.87. The van der Waals surface area contributed by atoms with Gasteiger partial charge in [-0.1, -0.05) is 25.1 Å². The second-order valence-corrected chi connectivity index (χ2v) is 5.59. The van der Waals surface area contributed by atoms with Crippen LogP contribution >= 0.6 is 11.3 Å². The summed E-state index contributed by atoms with van der Waals surface area (Å²) in [6.07, 6.45) is 0. The van der Waals surface area contributed by atoms with Crippen LogP contribution in [0.25, 0.3) is 10.1 Å². The molecule has 1 N–H and O–H groups in total. The van der Waals surface area contributed by atoms with E-state index in [2.05, 4.69) is 5.32 Å². The Labute approximate surface area is 121 Å². The fraction of sp³-hybridized carbons (Fsp3) is 0.333. The highest BCUT2D eigenvalue weighted by molar-refractivity contribution is 7.17. The predicted octanol–water partition coefficient (Wildman–Crippen LogP) is 2.68. The van der Waals surface area contributed by atoms with E-state index < -0.39 is 12.0 Å². The van der Waals surface area contributed by atoms with Crippen LogP contribution in [-0.4, -0.2) is 25.0 Å². The first-order valence-electron chi connectivity index (χ1n) is 6.35. The van der Waals surface area contributed by atoms with Gasteiger partial charge in [0.15, 0.2) is 0 Å². The van der Waals surface area contributed by atoms with Crippen molar-refractivity contribution in [2.45, 2.75) is 25.8 Å². The van der Waals surface area contributed by atoms with Gasteiger partial charge in [0.2, 0.25) is 5.91 Å². The summed E-state index contributed by atoms with van der Waals surface area (Å²) in [5.41, 5.74) is 1.05. The van der Waals surface area contributed by atoms with E-state index in [0.29, 0.717) is 0 Å². The maximum Gasteiger partial charge on any atom is 0.328 e. The van der Waals surface area contributed by atoms with Crippen LogP contribution in [0.4, 0.5) is 0 Å². The smallest absolute Gasteiger partial charge is 0.328 e. The highest BCUT2D eigenvalue weighted by Gasteiger charge is 2.29. The molecular formula is C15H17NO3S. The molecule has 0 aliphatic heterocycles. The molecule has 0 saturated carbocycles. The van der Waals surface area contributed by atoms with Gasteiger partial charge < -0.3 is 10.1 Å². The molecule has 106 valence electrons. The Morgan fingerprint density at radius 1 is 1.30 bits per heavy atom. The van der Waals surface area contributed by atoms with Gasteiger partial charge in [-0.3, -0.25) is 4.79 Å². The van der Waals surface area contributed by atoms with Gasteiger partial charge in [-0.05, 0) is 22.4 Å². The highest BCUT2D eigenvalue weighted by Crippen LogP contribution is 2.33. The third-order valence-electron chi connectivity index (χ3n) is 3.32. The minimum atomic E-state index is -0.671. The van der Waals surface area contributed by atoms with Gasteiger partial charge >= 0.3 is 5.97 Å². The number of rotatable bonds is 4. The fourth-order valence-corrected chi connectivity index (χ4v) is 3.33. The van der Waals surface area contributed by atoms with Gasteiger partial charge in [0.1, 0.15) is 6.04 Å². The van der Waals surface area contributed by atoms with Crippen LogP contribution in [0, 0.1) is 0 Å². The average molecular weight is 291 g/mol. The van der Waals surface area contributed by atoms with E-state index in [1.807, 2.05) is 36.6 Å². The van der Waals surface area contributed by atoms with Gasteiger partial charge in [-0.25, -0.2) is 4.79 Å². The number of fused-ring (bicyclic) bond motifs is 1. The molecule has 0 saturated heterocycles. The van der Waals surface area contributed by atoms with E-state index in [1.165, 1.54) is 18.7 Å². The van der Waals surface area contributed by atoms with Gasteiger partial charge in [0.05, 0.1) is 7.11 Å². The summed E-state index contributed by atoms with van der Waals surface area (Å²) >= 11 is 1.63. The van der Waals surface area contributed by atoms with Crippen LogP contribution in [0.2, 0.25) is 0 Å². The SMILES string of the molecule is COC(=O)[C@H](NC(C)=O)[C@@H](C)c1csc2ccccc12. The molecule has 2 rings (SSSR count). The van der Waals surface area contributed by atoms with Crippen molar-refractivity contribution in [3.05, 3.63) is 35.2 Å². The lowest BCUT2D eigenvalue weighted by Crippen LogP contribution is -2.43. The zero-order valence-corrected chi connectivity index (χ0v) is 12.5. The number of methoxy groups -OCH3 is 1. The zero-order valence-electron chi connectivity index (χ0n) is 11.7. The molecule has 0 radical (unpaired) electrons. The molecule has 1 aromatic carbocycles. The van der Waals surface area contributed by atoms with Crippen LogP contribution in [0.3, 0.4) is 0 Å². The number of ether oxygens (including phenoxy) is 1. The van der Waals surface area contributed by atoms with E-state index >= 15 is 0 Å². The summed E-state index contributed by atoms with van der Waals surface area (Å²) in [5, 5.41) is 5.82. The first-order valence-corrected chi connectivity index (χ1v) is 7.23. The number of carbonyl (C=O) groups excluding carboxylic acids is 2. The van der Waals surface area contributed by atoms with Crippen LogP contribution < -0.4 is 5.32 Å². The first-order chi connectivity index (χ1) is 9.54. The quantitative estimate of drug-likeness (QED) is 0.881. The van der Waals surface area contributed by atoms with E-state index in [-0.39, 0.29) is 11.8 Å². The highest BCUT2D eigenvalue weighted by atomic mass is 32.1. The summed E-state index contributed by atoms with van der Waals surface area (Å²) in [4.78, 5) is 23.2. The van der Waals surface area contributed by atoms with Crippen molar-refractivity contribution < 1.29 is 14.3 Å². The fourth-order valence-electron chi connectivity index (χ4n) is 2.26. The van der Waals surface area contributed by atoms with Crippen LogP contribution in [-0.2, 0) is 14.3 Å². The molecule has 2 aromatic rings. The Balaban J connectivity index is 2.38. The van der Waals surface area contributed by atoms with Crippen molar-refractivity contribution in [2.24, 2.45) is 0 Å². The number of benzene rings is 1. The number of hydrogen-bond donors (Lipinski definition) is 1. The topological polar surface area (TPSA) is 55.4 Å². The molecule has 1 amide bonds. The Morgan fingerprint density at radius 3 is 2.65 bits per heavy atom. The molecule has 5 heteroatoms. The van der Waals surface area contributed by atoms with Crippen LogP contribution in [0.1, 0.15) is 25.3 Å². The van der Waals surface area contributed by atoms with E-state index in [9.17, 15) is 9.59 Å². The molecule has 0 bridgehead atoms. The standard InChI is InChI=1S/C15H17NO3S/c1-9(14(15(18)19-3)16-10(2)17)12-8-20-13-7-5-4-6-11(12)13/h4-9,14H,1-3H3,(H,16,17)/t9-,14+/m0/s1. The minimum absolute atomic E-state index is 0.150. The summed E-state index contributed by atoms with van der Waals surface area (Å²) in [6.45, 7) is 3.32. The van der Waals surface area contributed by atoms with E-state index in [0.717, 1.165) is 10.9 Å². The van der Waals surface area contributed by atoms with Gasteiger partial charge in [-0.15, -0.1) is 11.3 Å². The number of carbonyl (C=O) groups is 2. The lowest BCUT2D eigenvalue weighted by atomic mass is 9.93. The molecular weight excluding hydrogens is 274 g/mol. The predicted molar refractivity (Wildman–Crippen MR) is 79.9 cm³/mol. The molecule has 4 nitrogen and oxygen atoms in total. The van der Waals surface area contributed by atoms with Crippen molar-refractivity contribution in [3.8, 4) is 0 Å². The maximum absolute atomic E-state index is 11.9. The first kappa shape index (κ1) is 14.5. The molecule has 1 heterocycles. The maximum atomic E-state index is 11.9. The van der Waals surface area contributed by atoms with E-state index in [1.54, 1.807) is 11.3 Å². The van der Waals surface area contributed by atoms with Crippen molar-refractivity contribution in [1.29, 1.82) is 0 Å². The largest absolute Gasteiger partial charge is 0.467 e. The van der Waals surface area contributed by atoms with Crippen LogP contribution in [0.15, 0.2) is 29.6 Å². The number of nitrogens with one attached hydrogen (secondary N) is 1. The molecule has 0 aliphatic rings. The normalized spacial score (nSPS) is 13.8. The number of amides is 1. The molecule has 0 fully saturated rings. The summed E-state index contributed by atoms with van der Waals surface area (Å²) in [6, 6.07) is 7.35. The molecule has 20 heavy (non-hydrogen) atoms. The van der Waals surface area contributed by atoms with Crippen molar-refractivity contribution in [2.75, 3.05) is 7.11 Å². The Bertz CT molecular complexity index is 635. The third kappa shape index (κ3) is 2.82. The van der Waals surface area contributed by atoms with E-state index in [4.69, 9.17) is 4.74 Å². The van der Waals surface area contributed by atoms with Crippen molar-refractivity contribution in [3.63, 3.8) is 0 Å². The zero-order chi connectivity index (χ0) is 14.7. The molecule has 0 aliphatic carbocycles. The molecule has 0 unspecified atom stereocenters. The molecule has 1 aromatic heterocycles. The summed E-state index contributed by atoms with van der Waals surface area (Å²) < 4.78 is 5.96. The van der Waals surface area contributed by atoms with Crippen molar-refractivity contribution >= 4 is 33.3 Å². The monoisotopic (exact) mass is 291 g/mol. The van der Waals surface area contributed by atoms with Crippen LogP contribution in [0.5, 0.6) is 0 Å². The van der Waals surface area contributed by atoms with Gasteiger partial charge in [-0.2, -0.15) is 0 Å². The molecule has 0 spiro atoms. The number of esters is 1. The van der Waals surface area contributed by atoms with Crippen molar-refractivity contribution in [1.82, 2.24) is 5.32 Å². The Hall–Kier alpha value is -1.88. The second kappa shape index (κ2) is 6.05. The second-order valence-electron chi connectivity index (χ2n) is 4.68. The number of thiophene rings is 1. The molecule has 2 atom stereocenters. The minimum Gasteiger partial charge on any atom is -0.467 e. The van der Waals surface area contributed by atoms with Gasteiger partial charge in [0, 0.05) is 17.5 Å². The number of hydrogen-bond acceptors (Lipinski definition) is 4. The Morgan fingerprint density at radius 2 is 2.00 bits per heavy atom. The summed E-state index contributed by atoms with van der Waals surface area (Å²) in [7, 11) is 1.33. The summed E-state index contributed by atoms with van der Waals surface area (Å²) in [5.74, 6) is -0.822. The third-order valence-corrected chi connectivity index (χ3v) is 4.30. The van der Waals surface area contributed by atoms with Gasteiger partial charge in [0.25, 0.3) is 0 Å². The lowest BCUT2D eigenvalue weighted by Gasteiger charge is -2.22. The lowest BCUT2D eigenvalue weighted by molar-refractivity contribution is -0.145.